The van der Waals surface area contributed by atoms with Gasteiger partial charge >= 0.3 is 6.09 Å². The maximum Gasteiger partial charge on any atom is 0.415 e. The van der Waals surface area contributed by atoms with Crippen LogP contribution in [0, 0.1) is 11.7 Å². The summed E-state index contributed by atoms with van der Waals surface area (Å²) in [6, 6.07) is 5.91. The van der Waals surface area contributed by atoms with Gasteiger partial charge in [-0.1, -0.05) is 19.9 Å². The first kappa shape index (κ1) is 22.9. The third-order valence-electron chi connectivity index (χ3n) is 5.99. The number of alkyl halides is 1. The lowest BCUT2D eigenvalue weighted by atomic mass is 10.0. The first-order chi connectivity index (χ1) is 15.8. The molecule has 0 spiro atoms. The number of amides is 2. The van der Waals surface area contributed by atoms with Crippen LogP contribution in [-0.4, -0.2) is 58.8 Å². The monoisotopic (exact) mass is 459 g/mol. The van der Waals surface area contributed by atoms with Gasteiger partial charge in [0.25, 0.3) is 5.91 Å². The van der Waals surface area contributed by atoms with Crippen LogP contribution in [0.15, 0.2) is 30.5 Å². The number of hydrogen-bond donors (Lipinski definition) is 1. The molecule has 33 heavy (non-hydrogen) atoms. The van der Waals surface area contributed by atoms with Crippen molar-refractivity contribution < 1.29 is 23.1 Å². The Balaban J connectivity index is 1.41. The van der Waals surface area contributed by atoms with Crippen LogP contribution >= 0.6 is 0 Å². The third kappa shape index (κ3) is 5.04. The Labute approximate surface area is 190 Å². The number of piperidine rings is 1. The molecule has 2 aliphatic rings. The molecule has 3 heterocycles. The lowest BCUT2D eigenvalue weighted by Crippen LogP contribution is -2.39. The van der Waals surface area contributed by atoms with E-state index in [-0.39, 0.29) is 42.9 Å². The van der Waals surface area contributed by atoms with Crippen LogP contribution in [0.1, 0.15) is 42.6 Å². The minimum absolute atomic E-state index is 0.0263. The zero-order chi connectivity index (χ0) is 23.5. The smallest absolute Gasteiger partial charge is 0.415 e. The van der Waals surface area contributed by atoms with Crippen molar-refractivity contribution in [2.75, 3.05) is 29.9 Å². The molecule has 2 saturated heterocycles. The molecule has 1 atom stereocenters. The molecule has 1 unspecified atom stereocenters. The van der Waals surface area contributed by atoms with Gasteiger partial charge in [0, 0.05) is 25.8 Å². The number of hydrogen-bond acceptors (Lipinski definition) is 6. The van der Waals surface area contributed by atoms with Crippen molar-refractivity contribution in [2.45, 2.75) is 45.4 Å². The van der Waals surface area contributed by atoms with Crippen molar-refractivity contribution in [3.8, 4) is 0 Å². The van der Waals surface area contributed by atoms with Gasteiger partial charge < -0.3 is 15.0 Å². The molecule has 1 aromatic carbocycles. The maximum atomic E-state index is 14.6. The number of cyclic esters (lactones) is 1. The Kier molecular flexibility index (Phi) is 6.71. The number of carbonyl (C=O) groups is 2. The van der Waals surface area contributed by atoms with Crippen molar-refractivity contribution >= 4 is 23.8 Å². The Morgan fingerprint density at radius 1 is 1.27 bits per heavy atom. The van der Waals surface area contributed by atoms with Gasteiger partial charge in [-0.15, -0.1) is 0 Å². The number of likely N-dealkylation sites (tertiary alicyclic amines) is 1. The molecule has 0 bridgehead atoms. The molecule has 2 aromatic rings. The predicted molar refractivity (Wildman–Crippen MR) is 118 cm³/mol. The van der Waals surface area contributed by atoms with Crippen molar-refractivity contribution in [3.05, 3.63) is 47.4 Å². The van der Waals surface area contributed by atoms with Crippen LogP contribution in [-0.2, 0) is 11.3 Å². The third-order valence-corrected chi connectivity index (χ3v) is 5.99. The molecule has 2 amide bonds. The van der Waals surface area contributed by atoms with Crippen LogP contribution in [0.3, 0.4) is 0 Å². The molecule has 0 saturated carbocycles. The zero-order valence-electron chi connectivity index (χ0n) is 18.6. The van der Waals surface area contributed by atoms with Gasteiger partial charge in [-0.3, -0.25) is 9.69 Å². The van der Waals surface area contributed by atoms with Gasteiger partial charge in [0.1, 0.15) is 24.4 Å². The van der Waals surface area contributed by atoms with Crippen molar-refractivity contribution in [3.63, 3.8) is 0 Å². The lowest BCUT2D eigenvalue weighted by Gasteiger charge is -2.28. The standard InChI is InChI=1S/C23H27F2N5O3/c1-14(2)19-13-33-23(32)30(19)20-5-8-26-22(28-20)27-12-15-3-4-17(18(25)11-15)21(31)29-9-6-16(24)7-10-29/h3-5,8,11,14,16,19H,6-7,9-10,12-13H2,1-2H3,(H,26,27,28). The van der Waals surface area contributed by atoms with Crippen LogP contribution in [0.25, 0.3) is 0 Å². The Morgan fingerprint density at radius 2 is 2.03 bits per heavy atom. The number of rotatable bonds is 6. The van der Waals surface area contributed by atoms with E-state index in [1.165, 1.54) is 28.1 Å². The van der Waals surface area contributed by atoms with E-state index in [4.69, 9.17) is 4.74 Å². The summed E-state index contributed by atoms with van der Waals surface area (Å²) in [7, 11) is 0. The Hall–Kier alpha value is -3.30. The zero-order valence-corrected chi connectivity index (χ0v) is 18.6. The average molecular weight is 459 g/mol. The maximum absolute atomic E-state index is 14.6. The molecule has 4 rings (SSSR count). The molecule has 8 nitrogen and oxygen atoms in total. The molecular formula is C23H27F2N5O3. The topological polar surface area (TPSA) is 87.7 Å². The van der Waals surface area contributed by atoms with Crippen LogP contribution in [0.5, 0.6) is 0 Å². The van der Waals surface area contributed by atoms with Crippen LogP contribution in [0.2, 0.25) is 0 Å². The van der Waals surface area contributed by atoms with Crippen molar-refractivity contribution in [1.29, 1.82) is 0 Å². The fraction of sp³-hybridized carbons (Fsp3) is 0.478. The fourth-order valence-corrected chi connectivity index (χ4v) is 4.00. The lowest BCUT2D eigenvalue weighted by molar-refractivity contribution is 0.0662. The highest BCUT2D eigenvalue weighted by Gasteiger charge is 2.37. The van der Waals surface area contributed by atoms with Gasteiger partial charge in [0.05, 0.1) is 11.6 Å². The fourth-order valence-electron chi connectivity index (χ4n) is 4.00. The highest BCUT2D eigenvalue weighted by molar-refractivity contribution is 5.94. The van der Waals surface area contributed by atoms with Gasteiger partial charge in [-0.25, -0.2) is 18.6 Å². The summed E-state index contributed by atoms with van der Waals surface area (Å²) < 4.78 is 33.1. The molecular weight excluding hydrogens is 432 g/mol. The largest absolute Gasteiger partial charge is 0.447 e. The van der Waals surface area contributed by atoms with Crippen molar-refractivity contribution in [1.82, 2.24) is 14.9 Å². The summed E-state index contributed by atoms with van der Waals surface area (Å²) in [4.78, 5) is 36.3. The predicted octanol–water partition coefficient (Wildman–Crippen LogP) is 3.78. The van der Waals surface area contributed by atoms with Crippen LogP contribution in [0.4, 0.5) is 25.3 Å². The first-order valence-electron chi connectivity index (χ1n) is 11.1. The van der Waals surface area contributed by atoms with E-state index >= 15 is 0 Å². The number of ether oxygens (including phenoxy) is 1. The summed E-state index contributed by atoms with van der Waals surface area (Å²) in [6.45, 7) is 5.12. The normalized spacial score (nSPS) is 19.2. The summed E-state index contributed by atoms with van der Waals surface area (Å²) >= 11 is 0. The Bertz CT molecular complexity index is 1030. The second-order valence-electron chi connectivity index (χ2n) is 8.63. The second-order valence-corrected chi connectivity index (χ2v) is 8.63. The number of anilines is 2. The molecule has 1 N–H and O–H groups in total. The Morgan fingerprint density at radius 3 is 2.73 bits per heavy atom. The van der Waals surface area contributed by atoms with E-state index < -0.39 is 24.0 Å². The van der Waals surface area contributed by atoms with E-state index in [0.717, 1.165) is 0 Å². The van der Waals surface area contributed by atoms with Gasteiger partial charge in [-0.2, -0.15) is 4.98 Å². The summed E-state index contributed by atoms with van der Waals surface area (Å²) in [5, 5.41) is 3.02. The molecule has 176 valence electrons. The second kappa shape index (κ2) is 9.68. The number of benzene rings is 1. The number of nitrogens with zero attached hydrogens (tertiary/aromatic N) is 4. The number of aromatic nitrogens is 2. The van der Waals surface area contributed by atoms with E-state index in [1.807, 2.05) is 13.8 Å². The van der Waals surface area contributed by atoms with E-state index in [0.29, 0.717) is 31.1 Å². The summed E-state index contributed by atoms with van der Waals surface area (Å²) in [5.74, 6) is -0.152. The molecule has 0 radical (unpaired) electrons. The van der Waals surface area contributed by atoms with E-state index in [9.17, 15) is 18.4 Å². The average Bonchev–Trinajstić information content (AvgIpc) is 3.20. The molecule has 2 aliphatic heterocycles. The van der Waals surface area contributed by atoms with Crippen molar-refractivity contribution in [2.24, 2.45) is 5.92 Å². The summed E-state index contributed by atoms with van der Waals surface area (Å²) in [5.41, 5.74) is 0.572. The first-order valence-corrected chi connectivity index (χ1v) is 11.1. The minimum Gasteiger partial charge on any atom is -0.447 e. The highest BCUT2D eigenvalue weighted by Crippen LogP contribution is 2.26. The van der Waals surface area contributed by atoms with Gasteiger partial charge in [-0.05, 0) is 42.5 Å². The summed E-state index contributed by atoms with van der Waals surface area (Å²) in [6.07, 6.45) is 0.747. The van der Waals surface area contributed by atoms with Gasteiger partial charge in [0.15, 0.2) is 0 Å². The highest BCUT2D eigenvalue weighted by atomic mass is 19.1. The van der Waals surface area contributed by atoms with E-state index in [2.05, 4.69) is 15.3 Å². The molecule has 10 heteroatoms. The van der Waals surface area contributed by atoms with Crippen LogP contribution < -0.4 is 10.2 Å². The molecule has 1 aromatic heterocycles. The molecule has 2 fully saturated rings. The SMILES string of the molecule is CC(C)C1COC(=O)N1c1ccnc(NCc2ccc(C(=O)N3CCC(F)CC3)c(F)c2)n1. The quantitative estimate of drug-likeness (QED) is 0.707. The number of carbonyl (C=O) groups excluding carboxylic acids is 2. The molecule has 0 aliphatic carbocycles. The minimum atomic E-state index is -0.902. The van der Waals surface area contributed by atoms with E-state index in [1.54, 1.807) is 12.1 Å². The van der Waals surface area contributed by atoms with Gasteiger partial charge in [0.2, 0.25) is 5.95 Å². The number of nitrogens with one attached hydrogen (secondary N) is 1. The number of halogens is 2.